The lowest BCUT2D eigenvalue weighted by Crippen LogP contribution is -2.51. The molecule has 27 heavy (non-hydrogen) atoms. The summed E-state index contributed by atoms with van der Waals surface area (Å²) in [5, 5.41) is 10.4. The predicted octanol–water partition coefficient (Wildman–Crippen LogP) is 2.56. The van der Waals surface area contributed by atoms with Crippen molar-refractivity contribution in [3.63, 3.8) is 0 Å². The average molecular weight is 371 g/mol. The molecule has 1 aromatic carbocycles. The van der Waals surface area contributed by atoms with Gasteiger partial charge >= 0.3 is 6.03 Å². The molecular formula is C20H26FN5O. The topological polar surface area (TPSA) is 62.2 Å². The van der Waals surface area contributed by atoms with Gasteiger partial charge in [-0.3, -0.25) is 4.68 Å². The van der Waals surface area contributed by atoms with Gasteiger partial charge in [0.1, 0.15) is 5.82 Å². The highest BCUT2D eigenvalue weighted by molar-refractivity contribution is 5.74. The maximum absolute atomic E-state index is 13.1. The minimum absolute atomic E-state index is 0.0284. The van der Waals surface area contributed by atoms with Gasteiger partial charge in [0.2, 0.25) is 0 Å². The highest BCUT2D eigenvalue weighted by Crippen LogP contribution is 2.47. The number of hydrogen-bond donors (Lipinski definition) is 2. The zero-order chi connectivity index (χ0) is 18.9. The first-order valence-electron chi connectivity index (χ1n) is 9.58. The average Bonchev–Trinajstić information content (AvgIpc) is 3.33. The Morgan fingerprint density at radius 1 is 1.33 bits per heavy atom. The SMILES string of the molecule is Cn1cc(N2CCCC(NC(=O)NCC3(c4ccc(F)cc4)CC3)C2)cn1. The van der Waals surface area contributed by atoms with E-state index in [0.29, 0.717) is 6.54 Å². The molecule has 2 aliphatic rings. The molecule has 1 saturated carbocycles. The number of aromatic nitrogens is 2. The van der Waals surface area contributed by atoms with E-state index in [-0.39, 0.29) is 23.3 Å². The van der Waals surface area contributed by atoms with Gasteiger partial charge in [0.05, 0.1) is 11.9 Å². The van der Waals surface area contributed by atoms with Crippen LogP contribution in [0.5, 0.6) is 0 Å². The third-order valence-electron chi connectivity index (χ3n) is 5.71. The first-order valence-corrected chi connectivity index (χ1v) is 9.58. The number of nitrogens with zero attached hydrogens (tertiary/aromatic N) is 3. The summed E-state index contributed by atoms with van der Waals surface area (Å²) in [6.45, 7) is 2.37. The second-order valence-corrected chi connectivity index (χ2v) is 7.77. The number of halogens is 1. The molecule has 1 aliphatic heterocycles. The van der Waals surface area contributed by atoms with E-state index in [2.05, 4.69) is 20.6 Å². The largest absolute Gasteiger partial charge is 0.367 e. The molecule has 4 rings (SSSR count). The van der Waals surface area contributed by atoms with E-state index in [4.69, 9.17) is 0 Å². The van der Waals surface area contributed by atoms with Gasteiger partial charge in [-0.25, -0.2) is 9.18 Å². The normalized spacial score (nSPS) is 21.0. The summed E-state index contributed by atoms with van der Waals surface area (Å²) >= 11 is 0. The molecule has 2 aromatic rings. The number of amides is 2. The number of nitrogens with one attached hydrogen (secondary N) is 2. The van der Waals surface area contributed by atoms with E-state index in [9.17, 15) is 9.18 Å². The summed E-state index contributed by atoms with van der Waals surface area (Å²) < 4.78 is 14.9. The van der Waals surface area contributed by atoms with Crippen LogP contribution in [0.1, 0.15) is 31.2 Å². The fraction of sp³-hybridized carbons (Fsp3) is 0.500. The fourth-order valence-corrected chi connectivity index (χ4v) is 3.91. The Kier molecular flexibility index (Phi) is 4.76. The van der Waals surface area contributed by atoms with Crippen molar-refractivity contribution in [1.82, 2.24) is 20.4 Å². The van der Waals surface area contributed by atoms with E-state index < -0.39 is 0 Å². The van der Waals surface area contributed by atoms with Gasteiger partial charge in [-0.15, -0.1) is 0 Å². The Bertz CT molecular complexity index is 799. The number of benzene rings is 1. The summed E-state index contributed by atoms with van der Waals surface area (Å²) in [4.78, 5) is 14.7. The second kappa shape index (κ2) is 7.21. The minimum Gasteiger partial charge on any atom is -0.367 e. The molecule has 2 heterocycles. The minimum atomic E-state index is -0.226. The zero-order valence-electron chi connectivity index (χ0n) is 15.6. The first-order chi connectivity index (χ1) is 13.0. The molecule has 2 fully saturated rings. The Hall–Kier alpha value is -2.57. The van der Waals surface area contributed by atoms with Crippen LogP contribution in [0.15, 0.2) is 36.7 Å². The highest BCUT2D eigenvalue weighted by atomic mass is 19.1. The lowest BCUT2D eigenvalue weighted by Gasteiger charge is -2.34. The molecule has 1 aliphatic carbocycles. The van der Waals surface area contributed by atoms with Crippen molar-refractivity contribution in [3.05, 3.63) is 48.0 Å². The lowest BCUT2D eigenvalue weighted by molar-refractivity contribution is 0.234. The summed E-state index contributed by atoms with van der Waals surface area (Å²) in [5.74, 6) is -0.226. The standard InChI is InChI=1S/C20H26FN5O/c1-25-13-18(11-23-25)26-10-2-3-17(12-26)24-19(27)22-14-20(8-9-20)15-4-6-16(21)7-5-15/h4-7,11,13,17H,2-3,8-10,12,14H2,1H3,(H2,22,24,27). The summed E-state index contributed by atoms with van der Waals surface area (Å²) in [6, 6.07) is 6.64. The van der Waals surface area contributed by atoms with Crippen molar-refractivity contribution in [2.75, 3.05) is 24.5 Å². The van der Waals surface area contributed by atoms with Gasteiger partial charge in [-0.2, -0.15) is 5.10 Å². The molecule has 2 amide bonds. The van der Waals surface area contributed by atoms with E-state index in [1.807, 2.05) is 31.6 Å². The number of carbonyl (C=O) groups excluding carboxylic acids is 1. The Morgan fingerprint density at radius 3 is 2.78 bits per heavy atom. The molecule has 0 radical (unpaired) electrons. The van der Waals surface area contributed by atoms with E-state index >= 15 is 0 Å². The van der Waals surface area contributed by atoms with E-state index in [1.54, 1.807) is 4.68 Å². The molecular weight excluding hydrogens is 345 g/mol. The molecule has 7 heteroatoms. The third kappa shape index (κ3) is 4.07. The molecule has 6 nitrogen and oxygen atoms in total. The van der Waals surface area contributed by atoms with Crippen molar-refractivity contribution in [2.24, 2.45) is 7.05 Å². The van der Waals surface area contributed by atoms with Crippen LogP contribution in [-0.2, 0) is 12.5 Å². The van der Waals surface area contributed by atoms with Gasteiger partial charge in [0.15, 0.2) is 0 Å². The van der Waals surface area contributed by atoms with Gasteiger partial charge in [-0.05, 0) is 43.4 Å². The van der Waals surface area contributed by atoms with Crippen molar-refractivity contribution in [2.45, 2.75) is 37.1 Å². The maximum Gasteiger partial charge on any atom is 0.315 e. The first kappa shape index (κ1) is 17.8. The third-order valence-corrected chi connectivity index (χ3v) is 5.71. The van der Waals surface area contributed by atoms with Crippen LogP contribution >= 0.6 is 0 Å². The molecule has 144 valence electrons. The number of anilines is 1. The van der Waals surface area contributed by atoms with Crippen LogP contribution in [0.3, 0.4) is 0 Å². The van der Waals surface area contributed by atoms with Gasteiger partial charge in [-0.1, -0.05) is 12.1 Å². The van der Waals surface area contributed by atoms with E-state index in [1.165, 1.54) is 12.1 Å². The number of urea groups is 1. The lowest BCUT2D eigenvalue weighted by atomic mass is 9.96. The molecule has 1 aromatic heterocycles. The van der Waals surface area contributed by atoms with Gasteiger partial charge in [0.25, 0.3) is 0 Å². The van der Waals surface area contributed by atoms with Crippen molar-refractivity contribution >= 4 is 11.7 Å². The fourth-order valence-electron chi connectivity index (χ4n) is 3.91. The van der Waals surface area contributed by atoms with Crippen molar-refractivity contribution < 1.29 is 9.18 Å². The van der Waals surface area contributed by atoms with E-state index in [0.717, 1.165) is 50.0 Å². The summed E-state index contributed by atoms with van der Waals surface area (Å²) in [5.41, 5.74) is 2.17. The van der Waals surface area contributed by atoms with Gasteiger partial charge in [0, 0.05) is 44.3 Å². The van der Waals surface area contributed by atoms with Crippen molar-refractivity contribution in [1.29, 1.82) is 0 Å². The van der Waals surface area contributed by atoms with Crippen LogP contribution in [0.2, 0.25) is 0 Å². The molecule has 2 N–H and O–H groups in total. The Balaban J connectivity index is 1.28. The monoisotopic (exact) mass is 371 g/mol. The summed E-state index contributed by atoms with van der Waals surface area (Å²) in [6.07, 6.45) is 7.94. The quantitative estimate of drug-likeness (QED) is 0.849. The molecule has 0 spiro atoms. The Labute approximate surface area is 158 Å². The van der Waals surface area contributed by atoms with Crippen LogP contribution in [0, 0.1) is 5.82 Å². The maximum atomic E-state index is 13.1. The molecule has 1 atom stereocenters. The summed E-state index contributed by atoms with van der Waals surface area (Å²) in [7, 11) is 1.91. The Morgan fingerprint density at radius 2 is 2.11 bits per heavy atom. The number of hydrogen-bond acceptors (Lipinski definition) is 3. The smallest absolute Gasteiger partial charge is 0.315 e. The molecule has 1 unspecified atom stereocenters. The van der Waals surface area contributed by atoms with Crippen LogP contribution in [0.25, 0.3) is 0 Å². The van der Waals surface area contributed by atoms with Crippen molar-refractivity contribution in [3.8, 4) is 0 Å². The van der Waals surface area contributed by atoms with Crippen LogP contribution < -0.4 is 15.5 Å². The predicted molar refractivity (Wildman–Crippen MR) is 102 cm³/mol. The van der Waals surface area contributed by atoms with Crippen LogP contribution in [-0.4, -0.2) is 41.5 Å². The molecule has 1 saturated heterocycles. The second-order valence-electron chi connectivity index (χ2n) is 7.77. The highest BCUT2D eigenvalue weighted by Gasteiger charge is 2.44. The molecule has 0 bridgehead atoms. The van der Waals surface area contributed by atoms with Gasteiger partial charge < -0.3 is 15.5 Å². The number of carbonyl (C=O) groups is 1. The number of piperidine rings is 1. The number of aryl methyl sites for hydroxylation is 1. The van der Waals surface area contributed by atoms with Crippen LogP contribution in [0.4, 0.5) is 14.9 Å². The zero-order valence-corrected chi connectivity index (χ0v) is 15.6. The number of rotatable bonds is 5.